The van der Waals surface area contributed by atoms with Crippen molar-refractivity contribution < 1.29 is 16.8 Å². The van der Waals surface area contributed by atoms with Crippen LogP contribution in [0, 0.1) is 0 Å². The van der Waals surface area contributed by atoms with Gasteiger partial charge in [0, 0.05) is 5.69 Å². The van der Waals surface area contributed by atoms with Crippen molar-refractivity contribution in [1.82, 2.24) is 0 Å². The van der Waals surface area contributed by atoms with E-state index in [0.29, 0.717) is 6.42 Å². The molecule has 0 heterocycles. The van der Waals surface area contributed by atoms with E-state index in [2.05, 4.69) is 0 Å². The van der Waals surface area contributed by atoms with Gasteiger partial charge in [0.15, 0.2) is 14.4 Å². The van der Waals surface area contributed by atoms with Gasteiger partial charge in [0.1, 0.15) is 0 Å². The SMILES string of the molecule is CCCC(S(N)(=O)=O)S(=O)(=O)c1cccc(N)c1. The van der Waals surface area contributed by atoms with Crippen LogP contribution < -0.4 is 10.9 Å². The van der Waals surface area contributed by atoms with Gasteiger partial charge in [0.2, 0.25) is 10.0 Å². The first-order valence-electron chi connectivity index (χ1n) is 5.30. The number of nitrogens with two attached hydrogens (primary N) is 2. The van der Waals surface area contributed by atoms with Crippen LogP contribution in [0.4, 0.5) is 5.69 Å². The van der Waals surface area contributed by atoms with Gasteiger partial charge in [-0.2, -0.15) is 0 Å². The Hall–Kier alpha value is -1.12. The molecule has 0 saturated carbocycles. The van der Waals surface area contributed by atoms with E-state index in [1.165, 1.54) is 24.3 Å². The molecule has 1 atom stereocenters. The van der Waals surface area contributed by atoms with Crippen molar-refractivity contribution in [2.75, 3.05) is 5.73 Å². The summed E-state index contributed by atoms with van der Waals surface area (Å²) in [6, 6.07) is 5.50. The van der Waals surface area contributed by atoms with Gasteiger partial charge in [-0.15, -0.1) is 0 Å². The van der Waals surface area contributed by atoms with E-state index in [1.807, 2.05) is 0 Å². The Bertz CT molecular complexity index is 623. The summed E-state index contributed by atoms with van der Waals surface area (Å²) >= 11 is 0. The van der Waals surface area contributed by atoms with Crippen LogP contribution in [-0.4, -0.2) is 21.4 Å². The van der Waals surface area contributed by atoms with E-state index in [1.54, 1.807) is 6.92 Å². The zero-order valence-electron chi connectivity index (χ0n) is 9.91. The fraction of sp³-hybridized carbons (Fsp3) is 0.400. The molecule has 8 heteroatoms. The van der Waals surface area contributed by atoms with Crippen molar-refractivity contribution in [3.63, 3.8) is 0 Å². The highest BCUT2D eigenvalue weighted by Crippen LogP contribution is 2.23. The minimum atomic E-state index is -4.17. The quantitative estimate of drug-likeness (QED) is 0.764. The summed E-state index contributed by atoms with van der Waals surface area (Å²) in [7, 11) is -8.21. The van der Waals surface area contributed by atoms with E-state index < -0.39 is 24.4 Å². The van der Waals surface area contributed by atoms with Crippen LogP contribution >= 0.6 is 0 Å². The Morgan fingerprint density at radius 3 is 2.28 bits per heavy atom. The summed E-state index contributed by atoms with van der Waals surface area (Å²) in [5.41, 5.74) is 5.74. The molecule has 0 aliphatic rings. The molecule has 0 aliphatic heterocycles. The monoisotopic (exact) mass is 292 g/mol. The largest absolute Gasteiger partial charge is 0.399 e. The number of primary sulfonamides is 1. The van der Waals surface area contributed by atoms with Gasteiger partial charge in [-0.3, -0.25) is 0 Å². The van der Waals surface area contributed by atoms with Crippen molar-refractivity contribution >= 4 is 25.5 Å². The van der Waals surface area contributed by atoms with Crippen LogP contribution in [0.5, 0.6) is 0 Å². The smallest absolute Gasteiger partial charge is 0.226 e. The predicted octanol–water partition coefficient (Wildman–Crippen LogP) is 0.457. The molecule has 4 N–H and O–H groups in total. The Balaban J connectivity index is 3.35. The molecule has 0 bridgehead atoms. The van der Waals surface area contributed by atoms with E-state index in [0.717, 1.165) is 0 Å². The lowest BCUT2D eigenvalue weighted by Gasteiger charge is -2.15. The van der Waals surface area contributed by atoms with Crippen LogP contribution in [0.25, 0.3) is 0 Å². The van der Waals surface area contributed by atoms with E-state index in [9.17, 15) is 16.8 Å². The van der Waals surface area contributed by atoms with Crippen molar-refractivity contribution in [2.45, 2.75) is 29.2 Å². The Kier molecular flexibility index (Phi) is 4.36. The third-order valence-electron chi connectivity index (χ3n) is 2.42. The lowest BCUT2D eigenvalue weighted by Crippen LogP contribution is -2.35. The maximum absolute atomic E-state index is 12.2. The van der Waals surface area contributed by atoms with Gasteiger partial charge in [-0.25, -0.2) is 22.0 Å². The van der Waals surface area contributed by atoms with Crippen LogP contribution in [0.15, 0.2) is 29.2 Å². The molecule has 18 heavy (non-hydrogen) atoms. The van der Waals surface area contributed by atoms with Crippen LogP contribution in [-0.2, 0) is 19.9 Å². The van der Waals surface area contributed by atoms with Gasteiger partial charge in [-0.1, -0.05) is 19.4 Å². The molecule has 0 aromatic heterocycles. The molecular weight excluding hydrogens is 276 g/mol. The zero-order valence-corrected chi connectivity index (χ0v) is 11.5. The number of sulfone groups is 1. The van der Waals surface area contributed by atoms with Gasteiger partial charge in [-0.05, 0) is 24.6 Å². The molecule has 0 aliphatic carbocycles. The second-order valence-electron chi connectivity index (χ2n) is 3.92. The van der Waals surface area contributed by atoms with Crippen molar-refractivity contribution in [3.8, 4) is 0 Å². The summed E-state index contributed by atoms with van der Waals surface area (Å²) in [6.07, 6.45) is 0.346. The molecule has 1 aromatic rings. The van der Waals surface area contributed by atoms with Crippen molar-refractivity contribution in [1.29, 1.82) is 0 Å². The fourth-order valence-corrected chi connectivity index (χ4v) is 5.30. The highest BCUT2D eigenvalue weighted by atomic mass is 32.3. The molecule has 0 fully saturated rings. The summed E-state index contributed by atoms with van der Waals surface area (Å²) in [4.78, 5) is -0.130. The van der Waals surface area contributed by atoms with Crippen molar-refractivity contribution in [3.05, 3.63) is 24.3 Å². The summed E-state index contributed by atoms with van der Waals surface area (Å²) in [6.45, 7) is 1.69. The molecule has 1 unspecified atom stereocenters. The normalized spacial score (nSPS) is 14.3. The molecule has 0 saturated heterocycles. The first-order chi connectivity index (χ1) is 8.19. The van der Waals surface area contributed by atoms with Crippen LogP contribution in [0.3, 0.4) is 0 Å². The number of rotatable bonds is 5. The molecule has 0 radical (unpaired) electrons. The number of anilines is 1. The van der Waals surface area contributed by atoms with E-state index in [4.69, 9.17) is 10.9 Å². The average molecular weight is 292 g/mol. The third kappa shape index (κ3) is 3.21. The minimum Gasteiger partial charge on any atom is -0.399 e. The predicted molar refractivity (Wildman–Crippen MR) is 69.8 cm³/mol. The standard InChI is InChI=1S/C10H16N2O4S2/c1-2-4-10(18(12,15)16)17(13,14)9-6-3-5-8(11)7-9/h3,5-7,10H,2,4,11H2,1H3,(H2,12,15,16). The number of nitrogen functional groups attached to an aromatic ring is 1. The van der Waals surface area contributed by atoms with Crippen LogP contribution in [0.1, 0.15) is 19.8 Å². The Labute approximate surface area is 107 Å². The van der Waals surface area contributed by atoms with Gasteiger partial charge < -0.3 is 5.73 Å². The molecule has 102 valence electrons. The summed E-state index contributed by atoms with van der Waals surface area (Å²) in [5.74, 6) is 0. The van der Waals surface area contributed by atoms with E-state index in [-0.39, 0.29) is 17.0 Å². The minimum absolute atomic E-state index is 0.0457. The average Bonchev–Trinajstić information content (AvgIpc) is 2.24. The Morgan fingerprint density at radius 2 is 1.83 bits per heavy atom. The van der Waals surface area contributed by atoms with Gasteiger partial charge >= 0.3 is 0 Å². The Morgan fingerprint density at radius 1 is 1.22 bits per heavy atom. The molecular formula is C10H16N2O4S2. The lowest BCUT2D eigenvalue weighted by molar-refractivity contribution is 0.568. The summed E-state index contributed by atoms with van der Waals surface area (Å²) < 4.78 is 45.6. The molecule has 0 spiro atoms. The molecule has 1 rings (SSSR count). The van der Waals surface area contributed by atoms with Crippen molar-refractivity contribution in [2.24, 2.45) is 5.14 Å². The number of benzene rings is 1. The lowest BCUT2D eigenvalue weighted by atomic mass is 10.3. The van der Waals surface area contributed by atoms with E-state index >= 15 is 0 Å². The maximum Gasteiger partial charge on any atom is 0.226 e. The highest BCUT2D eigenvalue weighted by Gasteiger charge is 2.35. The highest BCUT2D eigenvalue weighted by molar-refractivity contribution is 8.08. The zero-order chi connectivity index (χ0) is 14.0. The molecule has 1 aromatic carbocycles. The fourth-order valence-electron chi connectivity index (χ4n) is 1.57. The van der Waals surface area contributed by atoms with Gasteiger partial charge in [0.05, 0.1) is 4.90 Å². The number of hydrogen-bond donors (Lipinski definition) is 2. The molecule has 6 nitrogen and oxygen atoms in total. The van der Waals surface area contributed by atoms with Gasteiger partial charge in [0.25, 0.3) is 0 Å². The molecule has 0 amide bonds. The van der Waals surface area contributed by atoms with Crippen LogP contribution in [0.2, 0.25) is 0 Å². The second kappa shape index (κ2) is 5.25. The summed E-state index contributed by atoms with van der Waals surface area (Å²) in [5, 5.41) is 4.99. The third-order valence-corrected chi connectivity index (χ3v) is 6.80. The first-order valence-corrected chi connectivity index (χ1v) is 8.46. The maximum atomic E-state index is 12.2. The number of hydrogen-bond acceptors (Lipinski definition) is 5. The topological polar surface area (TPSA) is 120 Å². The number of sulfonamides is 1. The second-order valence-corrected chi connectivity index (χ2v) is 8.10. The first kappa shape index (κ1) is 14.9.